The van der Waals surface area contributed by atoms with Gasteiger partial charge in [0.2, 0.25) is 0 Å². The summed E-state index contributed by atoms with van der Waals surface area (Å²) >= 11 is 0. The number of hydrogen-bond acceptors (Lipinski definition) is 4. The van der Waals surface area contributed by atoms with Crippen LogP contribution in [0.4, 0.5) is 5.69 Å². The molecule has 20 heavy (non-hydrogen) atoms. The van der Waals surface area contributed by atoms with Crippen LogP contribution in [-0.4, -0.2) is 26.5 Å². The molecule has 5 heteroatoms. The van der Waals surface area contributed by atoms with E-state index in [0.29, 0.717) is 18.9 Å². The van der Waals surface area contributed by atoms with Gasteiger partial charge >= 0.3 is 0 Å². The van der Waals surface area contributed by atoms with Crippen molar-refractivity contribution < 1.29 is 13.2 Å². The molecule has 0 aromatic heterocycles. The largest absolute Gasteiger partial charge is 0.493 e. The van der Waals surface area contributed by atoms with Gasteiger partial charge in [-0.05, 0) is 42.5 Å². The lowest BCUT2D eigenvalue weighted by molar-refractivity contribution is 0.313. The van der Waals surface area contributed by atoms with Gasteiger partial charge in [-0.2, -0.15) is 0 Å². The zero-order valence-electron chi connectivity index (χ0n) is 12.8. The number of hydrogen-bond donors (Lipinski definition) is 1. The maximum absolute atomic E-state index is 11.4. The molecule has 0 aliphatic heterocycles. The van der Waals surface area contributed by atoms with Crippen LogP contribution in [0.25, 0.3) is 0 Å². The molecule has 1 aromatic rings. The highest BCUT2D eigenvalue weighted by Crippen LogP contribution is 2.31. The summed E-state index contributed by atoms with van der Waals surface area (Å²) in [7, 11) is -2.92. The van der Waals surface area contributed by atoms with Gasteiger partial charge in [-0.25, -0.2) is 8.42 Å². The highest BCUT2D eigenvalue weighted by atomic mass is 32.2. The van der Waals surface area contributed by atoms with E-state index in [2.05, 4.69) is 13.8 Å². The first kappa shape index (κ1) is 16.8. The molecule has 1 rings (SSSR count). The molecule has 0 saturated heterocycles. The summed E-state index contributed by atoms with van der Waals surface area (Å²) in [6, 6.07) is 3.87. The number of nitrogens with two attached hydrogens (primary N) is 1. The smallest absolute Gasteiger partial charge is 0.150 e. The second kappa shape index (κ2) is 6.97. The van der Waals surface area contributed by atoms with Crippen LogP contribution in [0.1, 0.15) is 44.2 Å². The van der Waals surface area contributed by atoms with Crippen molar-refractivity contribution in [2.24, 2.45) is 0 Å². The van der Waals surface area contributed by atoms with Gasteiger partial charge in [0.05, 0.1) is 12.4 Å². The van der Waals surface area contributed by atoms with Gasteiger partial charge < -0.3 is 10.5 Å². The van der Waals surface area contributed by atoms with Gasteiger partial charge in [-0.15, -0.1) is 0 Å². The molecule has 0 heterocycles. The number of anilines is 1. The standard InChI is InChI=1S/C15H25NO3S/c1-5-20(17,18)8-6-7-19-15-9-12(4)14(16)10-13(15)11(2)3/h9-11H,5-8,16H2,1-4H3. The number of nitrogen functional groups attached to an aromatic ring is 1. The first-order valence-electron chi connectivity index (χ1n) is 7.00. The Morgan fingerprint density at radius 1 is 1.30 bits per heavy atom. The van der Waals surface area contributed by atoms with E-state index >= 15 is 0 Å². The minimum absolute atomic E-state index is 0.175. The number of benzene rings is 1. The molecule has 2 N–H and O–H groups in total. The Morgan fingerprint density at radius 3 is 2.50 bits per heavy atom. The van der Waals surface area contributed by atoms with Gasteiger partial charge in [0.1, 0.15) is 15.6 Å². The van der Waals surface area contributed by atoms with Crippen molar-refractivity contribution in [2.45, 2.75) is 40.0 Å². The van der Waals surface area contributed by atoms with Crippen LogP contribution < -0.4 is 10.5 Å². The van der Waals surface area contributed by atoms with Crippen LogP contribution >= 0.6 is 0 Å². The monoisotopic (exact) mass is 299 g/mol. The Morgan fingerprint density at radius 2 is 1.95 bits per heavy atom. The summed E-state index contributed by atoms with van der Waals surface area (Å²) < 4.78 is 28.6. The lowest BCUT2D eigenvalue weighted by Gasteiger charge is -2.16. The van der Waals surface area contributed by atoms with Gasteiger partial charge in [-0.1, -0.05) is 20.8 Å². The molecule has 1 aromatic carbocycles. The van der Waals surface area contributed by atoms with E-state index in [9.17, 15) is 8.42 Å². The molecular formula is C15H25NO3S. The SMILES string of the molecule is CCS(=O)(=O)CCCOc1cc(C)c(N)cc1C(C)C. The van der Waals surface area contributed by atoms with Crippen molar-refractivity contribution in [3.63, 3.8) is 0 Å². The van der Waals surface area contributed by atoms with Crippen molar-refractivity contribution in [1.82, 2.24) is 0 Å². The third-order valence-corrected chi connectivity index (χ3v) is 5.11. The normalized spacial score (nSPS) is 11.8. The molecule has 0 bridgehead atoms. The topological polar surface area (TPSA) is 69.4 Å². The number of aryl methyl sites for hydroxylation is 1. The fourth-order valence-corrected chi connectivity index (χ4v) is 2.74. The fraction of sp³-hybridized carbons (Fsp3) is 0.600. The van der Waals surface area contributed by atoms with Gasteiger partial charge in [0.25, 0.3) is 0 Å². The van der Waals surface area contributed by atoms with Crippen molar-refractivity contribution in [1.29, 1.82) is 0 Å². The van der Waals surface area contributed by atoms with E-state index in [-0.39, 0.29) is 11.5 Å². The van der Waals surface area contributed by atoms with Gasteiger partial charge in [-0.3, -0.25) is 0 Å². The van der Waals surface area contributed by atoms with Crippen LogP contribution in [0, 0.1) is 6.92 Å². The van der Waals surface area contributed by atoms with Gasteiger partial charge in [0.15, 0.2) is 0 Å². The van der Waals surface area contributed by atoms with E-state index in [0.717, 1.165) is 22.6 Å². The highest BCUT2D eigenvalue weighted by molar-refractivity contribution is 7.91. The number of sulfone groups is 1. The van der Waals surface area contributed by atoms with Crippen LogP contribution in [0.15, 0.2) is 12.1 Å². The lowest BCUT2D eigenvalue weighted by atomic mass is 9.99. The Labute approximate surface area is 122 Å². The maximum atomic E-state index is 11.4. The summed E-state index contributed by atoms with van der Waals surface area (Å²) in [5.41, 5.74) is 8.72. The van der Waals surface area contributed by atoms with E-state index in [1.807, 2.05) is 19.1 Å². The zero-order valence-corrected chi connectivity index (χ0v) is 13.6. The Bertz CT molecular complexity index is 550. The maximum Gasteiger partial charge on any atom is 0.150 e. The third kappa shape index (κ3) is 4.71. The van der Waals surface area contributed by atoms with Crippen LogP contribution in [0.3, 0.4) is 0 Å². The molecule has 4 nitrogen and oxygen atoms in total. The van der Waals surface area contributed by atoms with Crippen LogP contribution in [0.2, 0.25) is 0 Å². The minimum Gasteiger partial charge on any atom is -0.493 e. The predicted octanol–water partition coefficient (Wildman–Crippen LogP) is 2.90. The number of rotatable bonds is 7. The lowest BCUT2D eigenvalue weighted by Crippen LogP contribution is -2.12. The molecule has 114 valence electrons. The van der Waals surface area contributed by atoms with E-state index in [1.54, 1.807) is 6.92 Å². The average molecular weight is 299 g/mol. The summed E-state index contributed by atoms with van der Waals surface area (Å²) in [6.07, 6.45) is 0.511. The van der Waals surface area contributed by atoms with Crippen molar-refractivity contribution in [2.75, 3.05) is 23.8 Å². The van der Waals surface area contributed by atoms with E-state index in [4.69, 9.17) is 10.5 Å². The molecule has 0 fully saturated rings. The molecule has 0 saturated carbocycles. The summed E-state index contributed by atoms with van der Waals surface area (Å²) in [4.78, 5) is 0. The van der Waals surface area contributed by atoms with Crippen LogP contribution in [0.5, 0.6) is 5.75 Å². The Kier molecular flexibility index (Phi) is 5.87. The number of ether oxygens (including phenoxy) is 1. The third-order valence-electron chi connectivity index (χ3n) is 3.32. The molecule has 0 radical (unpaired) electrons. The highest BCUT2D eigenvalue weighted by Gasteiger charge is 2.12. The molecule has 0 atom stereocenters. The van der Waals surface area contributed by atoms with Gasteiger partial charge in [0, 0.05) is 11.4 Å². The molecule has 0 aliphatic carbocycles. The average Bonchev–Trinajstić information content (AvgIpc) is 2.38. The second-order valence-electron chi connectivity index (χ2n) is 5.34. The zero-order chi connectivity index (χ0) is 15.3. The summed E-state index contributed by atoms with van der Waals surface area (Å²) in [5.74, 6) is 1.48. The fourth-order valence-electron chi connectivity index (χ4n) is 1.90. The van der Waals surface area contributed by atoms with E-state index in [1.165, 1.54) is 0 Å². The second-order valence-corrected chi connectivity index (χ2v) is 7.81. The molecular weight excluding hydrogens is 274 g/mol. The van der Waals surface area contributed by atoms with Crippen molar-refractivity contribution in [3.8, 4) is 5.75 Å². The molecule has 0 aliphatic rings. The first-order chi connectivity index (χ1) is 9.26. The Balaban J connectivity index is 2.70. The summed E-state index contributed by atoms with van der Waals surface area (Å²) in [6.45, 7) is 8.17. The summed E-state index contributed by atoms with van der Waals surface area (Å²) in [5, 5.41) is 0. The van der Waals surface area contributed by atoms with E-state index < -0.39 is 9.84 Å². The van der Waals surface area contributed by atoms with Crippen molar-refractivity contribution in [3.05, 3.63) is 23.3 Å². The minimum atomic E-state index is -2.92. The Hall–Kier alpha value is -1.23. The van der Waals surface area contributed by atoms with Crippen LogP contribution in [-0.2, 0) is 9.84 Å². The molecule has 0 amide bonds. The quantitative estimate of drug-likeness (QED) is 0.621. The molecule has 0 unspecified atom stereocenters. The van der Waals surface area contributed by atoms with Crippen molar-refractivity contribution >= 4 is 15.5 Å². The predicted molar refractivity (Wildman–Crippen MR) is 84.1 cm³/mol. The first-order valence-corrected chi connectivity index (χ1v) is 8.82. The molecule has 0 spiro atoms.